The molecular formula is C18H22N6O2S. The zero-order valence-corrected chi connectivity index (χ0v) is 16.1. The summed E-state index contributed by atoms with van der Waals surface area (Å²) in [5.41, 5.74) is 13.6. The number of nitrogens with one attached hydrogen (secondary N) is 2. The Morgan fingerprint density at radius 1 is 1.22 bits per heavy atom. The molecule has 142 valence electrons. The normalized spacial score (nSPS) is 12.5. The largest absolute Gasteiger partial charge is 0.398 e. The number of pyridine rings is 1. The van der Waals surface area contributed by atoms with E-state index in [1.165, 1.54) is 16.5 Å². The highest BCUT2D eigenvalue weighted by Crippen LogP contribution is 2.19. The Bertz CT molecular complexity index is 950. The molecule has 0 saturated heterocycles. The van der Waals surface area contributed by atoms with Crippen molar-refractivity contribution in [2.24, 2.45) is 23.5 Å². The number of hydrogen-bond acceptors (Lipinski definition) is 6. The standard InChI is InChI=1S/C18H22N6O2S/c1-11(16(23-18(20)26)22-13-7-5-4-6-8-13)15(19)12-9-14(27-21-2)17(25)24(3)10-12/h4-10,21H,19H2,1-3H3,(H3,20,22,23,26). The van der Waals surface area contributed by atoms with E-state index in [1.54, 1.807) is 45.4 Å². The van der Waals surface area contributed by atoms with Crippen molar-refractivity contribution in [3.63, 3.8) is 0 Å². The molecule has 0 bridgehead atoms. The van der Waals surface area contributed by atoms with E-state index < -0.39 is 6.03 Å². The quantitative estimate of drug-likeness (QED) is 0.353. The Balaban J connectivity index is 2.56. The van der Waals surface area contributed by atoms with Crippen LogP contribution in [0.3, 0.4) is 0 Å². The molecule has 6 N–H and O–H groups in total. The Morgan fingerprint density at radius 3 is 2.48 bits per heavy atom. The molecule has 0 aliphatic heterocycles. The first-order valence-electron chi connectivity index (χ1n) is 8.05. The minimum Gasteiger partial charge on any atom is -0.398 e. The molecule has 0 fully saturated rings. The van der Waals surface area contributed by atoms with Crippen LogP contribution in [0.2, 0.25) is 0 Å². The van der Waals surface area contributed by atoms with Crippen molar-refractivity contribution in [3.05, 3.63) is 64.1 Å². The predicted molar refractivity (Wildman–Crippen MR) is 110 cm³/mol. The molecular weight excluding hydrogens is 364 g/mol. The number of amides is 2. The maximum absolute atomic E-state index is 12.2. The van der Waals surface area contributed by atoms with Crippen LogP contribution in [0.4, 0.5) is 10.5 Å². The topological polar surface area (TPSA) is 128 Å². The summed E-state index contributed by atoms with van der Waals surface area (Å²) in [5.74, 6) is 0.239. The van der Waals surface area contributed by atoms with Crippen LogP contribution < -0.4 is 27.1 Å². The van der Waals surface area contributed by atoms with Crippen molar-refractivity contribution in [2.45, 2.75) is 11.8 Å². The smallest absolute Gasteiger partial charge is 0.317 e. The van der Waals surface area contributed by atoms with Gasteiger partial charge in [0, 0.05) is 30.1 Å². The molecule has 1 heterocycles. The van der Waals surface area contributed by atoms with Crippen molar-refractivity contribution in [2.75, 3.05) is 7.05 Å². The Kier molecular flexibility index (Phi) is 6.80. The van der Waals surface area contributed by atoms with E-state index in [1.807, 2.05) is 18.2 Å². The summed E-state index contributed by atoms with van der Waals surface area (Å²) in [6.45, 7) is 1.73. The second kappa shape index (κ2) is 9.06. The fourth-order valence-electron chi connectivity index (χ4n) is 2.31. The van der Waals surface area contributed by atoms with Gasteiger partial charge in [0.05, 0.1) is 10.6 Å². The van der Waals surface area contributed by atoms with Gasteiger partial charge < -0.3 is 16.0 Å². The summed E-state index contributed by atoms with van der Waals surface area (Å²) in [4.78, 5) is 28.5. The van der Waals surface area contributed by atoms with Crippen LogP contribution in [0.1, 0.15) is 12.5 Å². The van der Waals surface area contributed by atoms with Gasteiger partial charge in [0.1, 0.15) is 5.84 Å². The van der Waals surface area contributed by atoms with Crippen molar-refractivity contribution < 1.29 is 4.79 Å². The first kappa shape index (κ1) is 20.3. The molecule has 0 atom stereocenters. The second-order valence-corrected chi connectivity index (χ2v) is 6.69. The van der Waals surface area contributed by atoms with Gasteiger partial charge >= 0.3 is 6.03 Å². The van der Waals surface area contributed by atoms with Crippen LogP contribution in [0.5, 0.6) is 0 Å². The zero-order chi connectivity index (χ0) is 20.0. The molecule has 0 unspecified atom stereocenters. The van der Waals surface area contributed by atoms with Crippen molar-refractivity contribution in [1.29, 1.82) is 0 Å². The maximum atomic E-state index is 12.2. The molecule has 0 radical (unpaired) electrons. The Labute approximate surface area is 161 Å². The van der Waals surface area contributed by atoms with E-state index in [2.05, 4.69) is 15.0 Å². The van der Waals surface area contributed by atoms with Gasteiger partial charge in [0.15, 0.2) is 0 Å². The lowest BCUT2D eigenvalue weighted by atomic mass is 10.1. The van der Waals surface area contributed by atoms with Crippen LogP contribution >= 0.6 is 11.9 Å². The maximum Gasteiger partial charge on any atom is 0.317 e. The SMILES string of the molecule is CNSc1cc(C(N)=C(C)C(=Nc2ccccc2)NC(N)=O)cn(C)c1=O. The molecule has 1 aromatic heterocycles. The summed E-state index contributed by atoms with van der Waals surface area (Å²) in [5, 5.41) is 2.51. The number of para-hydroxylation sites is 1. The lowest BCUT2D eigenvalue weighted by Crippen LogP contribution is -2.36. The van der Waals surface area contributed by atoms with Crippen LogP contribution in [-0.2, 0) is 7.05 Å². The minimum atomic E-state index is -0.747. The van der Waals surface area contributed by atoms with E-state index in [4.69, 9.17) is 11.5 Å². The van der Waals surface area contributed by atoms with E-state index in [0.717, 1.165) is 0 Å². The lowest BCUT2D eigenvalue weighted by molar-refractivity contribution is 0.253. The monoisotopic (exact) mass is 386 g/mol. The van der Waals surface area contributed by atoms with Crippen LogP contribution in [0, 0.1) is 0 Å². The number of aliphatic imine (C=N–C) groups is 1. The van der Waals surface area contributed by atoms with Crippen LogP contribution in [0.25, 0.3) is 5.70 Å². The highest BCUT2D eigenvalue weighted by atomic mass is 32.2. The highest BCUT2D eigenvalue weighted by Gasteiger charge is 2.13. The molecule has 0 aliphatic carbocycles. The van der Waals surface area contributed by atoms with Crippen LogP contribution in [-0.4, -0.2) is 23.5 Å². The zero-order valence-electron chi connectivity index (χ0n) is 15.3. The number of benzene rings is 1. The van der Waals surface area contributed by atoms with Crippen LogP contribution in [0.15, 0.2) is 62.9 Å². The predicted octanol–water partition coefficient (Wildman–Crippen LogP) is 1.70. The molecule has 1 aromatic carbocycles. The van der Waals surface area contributed by atoms with E-state index in [9.17, 15) is 9.59 Å². The highest BCUT2D eigenvalue weighted by molar-refractivity contribution is 7.97. The summed E-state index contributed by atoms with van der Waals surface area (Å²) in [6, 6.07) is 10.0. The lowest BCUT2D eigenvalue weighted by Gasteiger charge is -2.13. The second-order valence-electron chi connectivity index (χ2n) is 5.64. The number of hydrogen-bond donors (Lipinski definition) is 4. The number of nitrogens with two attached hydrogens (primary N) is 2. The molecule has 9 heteroatoms. The van der Waals surface area contributed by atoms with E-state index in [0.29, 0.717) is 27.4 Å². The number of rotatable bonds is 5. The summed E-state index contributed by atoms with van der Waals surface area (Å²) in [7, 11) is 3.37. The number of carbonyl (C=O) groups is 1. The molecule has 27 heavy (non-hydrogen) atoms. The van der Waals surface area contributed by atoms with Gasteiger partial charge in [-0.2, -0.15) is 0 Å². The van der Waals surface area contributed by atoms with Gasteiger partial charge in [0.2, 0.25) is 0 Å². The third-order valence-electron chi connectivity index (χ3n) is 3.67. The summed E-state index contributed by atoms with van der Waals surface area (Å²) < 4.78 is 4.33. The number of aryl methyl sites for hydroxylation is 1. The average molecular weight is 386 g/mol. The third-order valence-corrected chi connectivity index (χ3v) is 4.39. The number of amidine groups is 1. The number of carbonyl (C=O) groups excluding carboxylic acids is 1. The molecule has 2 amide bonds. The molecule has 0 saturated carbocycles. The van der Waals surface area contributed by atoms with Crippen molar-refractivity contribution in [1.82, 2.24) is 14.6 Å². The fourth-order valence-corrected chi connectivity index (χ4v) is 2.95. The minimum absolute atomic E-state index is 0.142. The molecule has 0 spiro atoms. The van der Waals surface area contributed by atoms with Gasteiger partial charge in [-0.25, -0.2) is 9.79 Å². The third kappa shape index (κ3) is 5.22. The van der Waals surface area contributed by atoms with Crippen molar-refractivity contribution in [3.8, 4) is 0 Å². The molecule has 2 aromatic rings. The van der Waals surface area contributed by atoms with Gasteiger partial charge in [-0.15, -0.1) is 0 Å². The number of urea groups is 1. The molecule has 2 rings (SSSR count). The Hall–Kier alpha value is -3.04. The number of primary amides is 1. The van der Waals surface area contributed by atoms with Gasteiger partial charge in [-0.1, -0.05) is 18.2 Å². The average Bonchev–Trinajstić information content (AvgIpc) is 2.64. The first-order chi connectivity index (χ1) is 12.8. The fraction of sp³-hybridized carbons (Fsp3) is 0.167. The number of nitrogens with zero attached hydrogens (tertiary/aromatic N) is 2. The van der Waals surface area contributed by atoms with Gasteiger partial charge in [0.25, 0.3) is 5.56 Å². The summed E-state index contributed by atoms with van der Waals surface area (Å²) >= 11 is 1.20. The molecule has 8 nitrogen and oxygen atoms in total. The van der Waals surface area contributed by atoms with Crippen molar-refractivity contribution >= 4 is 35.2 Å². The van der Waals surface area contributed by atoms with Gasteiger partial charge in [-0.05, 0) is 44.1 Å². The van der Waals surface area contributed by atoms with E-state index >= 15 is 0 Å². The Morgan fingerprint density at radius 2 is 1.89 bits per heavy atom. The van der Waals surface area contributed by atoms with E-state index in [-0.39, 0.29) is 11.4 Å². The summed E-state index contributed by atoms with van der Waals surface area (Å²) in [6.07, 6.45) is 1.63. The number of aromatic nitrogens is 1. The molecule has 0 aliphatic rings. The first-order valence-corrected chi connectivity index (χ1v) is 8.86. The van der Waals surface area contributed by atoms with Gasteiger partial charge in [-0.3, -0.25) is 14.8 Å².